The van der Waals surface area contributed by atoms with E-state index < -0.39 is 11.7 Å². The van der Waals surface area contributed by atoms with E-state index in [0.29, 0.717) is 22.3 Å². The van der Waals surface area contributed by atoms with E-state index >= 15 is 0 Å². The number of carbonyl (C=O) groups excluding carboxylic acids is 1. The Bertz CT molecular complexity index is 1190. The van der Waals surface area contributed by atoms with Crippen molar-refractivity contribution in [2.75, 3.05) is 14.2 Å². The Morgan fingerprint density at radius 3 is 2.40 bits per heavy atom. The minimum atomic E-state index is -4.47. The highest BCUT2D eigenvalue weighted by atomic mass is 19.4. The Hall–Kier alpha value is -3.36. The summed E-state index contributed by atoms with van der Waals surface area (Å²) in [6, 6.07) is 7.26. The average molecular weight is 488 g/mol. The molecule has 0 spiro atoms. The van der Waals surface area contributed by atoms with Gasteiger partial charge in [-0.25, -0.2) is 4.98 Å². The summed E-state index contributed by atoms with van der Waals surface area (Å²) >= 11 is 0. The van der Waals surface area contributed by atoms with Crippen LogP contribution in [0.3, 0.4) is 0 Å². The molecule has 1 aromatic carbocycles. The molecule has 1 unspecified atom stereocenters. The summed E-state index contributed by atoms with van der Waals surface area (Å²) in [6.07, 6.45) is 1.97. The second-order valence-electron chi connectivity index (χ2n) is 8.94. The maximum atomic E-state index is 13.5. The Labute approximate surface area is 201 Å². The quantitative estimate of drug-likeness (QED) is 0.479. The molecule has 1 amide bonds. The van der Waals surface area contributed by atoms with Crippen LogP contribution in [0.15, 0.2) is 42.7 Å². The maximum absolute atomic E-state index is 13.5. The van der Waals surface area contributed by atoms with E-state index in [1.807, 2.05) is 13.0 Å². The summed E-state index contributed by atoms with van der Waals surface area (Å²) in [6.45, 7) is 1.99. The molecule has 3 aromatic rings. The van der Waals surface area contributed by atoms with Crippen molar-refractivity contribution in [1.29, 1.82) is 0 Å². The van der Waals surface area contributed by atoms with Gasteiger partial charge in [0, 0.05) is 29.9 Å². The second-order valence-corrected chi connectivity index (χ2v) is 8.94. The fraction of sp³-hybridized carbons (Fsp3) is 0.423. The van der Waals surface area contributed by atoms with Crippen molar-refractivity contribution in [3.8, 4) is 11.6 Å². The molecule has 1 saturated carbocycles. The Balaban J connectivity index is 1.47. The van der Waals surface area contributed by atoms with Gasteiger partial charge in [0.05, 0.1) is 25.3 Å². The van der Waals surface area contributed by atoms with Gasteiger partial charge in [0.2, 0.25) is 5.88 Å². The maximum Gasteiger partial charge on any atom is 0.416 e. The van der Waals surface area contributed by atoms with Crippen molar-refractivity contribution >= 4 is 16.8 Å². The number of hydrogen-bond donors (Lipinski definition) is 1. The van der Waals surface area contributed by atoms with Crippen molar-refractivity contribution < 1.29 is 27.4 Å². The number of nitrogens with zero attached hydrogens (tertiary/aromatic N) is 2. The van der Waals surface area contributed by atoms with Gasteiger partial charge >= 0.3 is 6.18 Å². The average Bonchev–Trinajstić information content (AvgIpc) is 2.87. The number of fused-ring (bicyclic) bond motifs is 1. The first-order valence-corrected chi connectivity index (χ1v) is 11.6. The zero-order chi connectivity index (χ0) is 25.2. The normalized spacial score (nSPS) is 19.3. The van der Waals surface area contributed by atoms with Gasteiger partial charge in [-0.2, -0.15) is 13.2 Å². The van der Waals surface area contributed by atoms with Crippen molar-refractivity contribution in [1.82, 2.24) is 15.3 Å². The summed E-state index contributed by atoms with van der Waals surface area (Å²) < 4.78 is 50.7. The molecule has 1 atom stereocenters. The van der Waals surface area contributed by atoms with Gasteiger partial charge in [-0.05, 0) is 74.3 Å². The smallest absolute Gasteiger partial charge is 0.416 e. The first kappa shape index (κ1) is 24.8. The number of hydrogen-bond acceptors (Lipinski definition) is 5. The molecular weight excluding hydrogens is 459 g/mol. The first-order chi connectivity index (χ1) is 16.7. The van der Waals surface area contributed by atoms with Crippen molar-refractivity contribution in [2.45, 2.75) is 50.7 Å². The van der Waals surface area contributed by atoms with E-state index in [1.54, 1.807) is 18.3 Å². The van der Waals surface area contributed by atoms with E-state index in [4.69, 9.17) is 9.47 Å². The van der Waals surface area contributed by atoms with Crippen LogP contribution in [0.4, 0.5) is 13.2 Å². The number of aromatic nitrogens is 2. The molecule has 1 aliphatic rings. The fourth-order valence-electron chi connectivity index (χ4n) is 4.89. The zero-order valence-corrected chi connectivity index (χ0v) is 19.9. The fourth-order valence-corrected chi connectivity index (χ4v) is 4.89. The minimum absolute atomic E-state index is 0.0448. The molecule has 186 valence electrons. The van der Waals surface area contributed by atoms with Crippen LogP contribution in [0, 0.1) is 5.92 Å². The van der Waals surface area contributed by atoms with E-state index in [9.17, 15) is 18.0 Å². The molecule has 0 bridgehead atoms. The summed E-state index contributed by atoms with van der Waals surface area (Å²) in [4.78, 5) is 21.0. The molecule has 6 nitrogen and oxygen atoms in total. The molecule has 0 aliphatic heterocycles. The lowest BCUT2D eigenvalue weighted by molar-refractivity contribution is -0.137. The van der Waals surface area contributed by atoms with Crippen LogP contribution >= 0.6 is 0 Å². The zero-order valence-electron chi connectivity index (χ0n) is 19.9. The Morgan fingerprint density at radius 2 is 1.80 bits per heavy atom. The molecule has 9 heteroatoms. The van der Waals surface area contributed by atoms with Crippen LogP contribution in [0.1, 0.15) is 60.0 Å². The number of alkyl halides is 3. The van der Waals surface area contributed by atoms with Crippen LogP contribution in [-0.2, 0) is 6.18 Å². The third kappa shape index (κ3) is 5.33. The van der Waals surface area contributed by atoms with Crippen LogP contribution in [-0.4, -0.2) is 36.1 Å². The molecule has 35 heavy (non-hydrogen) atoms. The number of carbonyl (C=O) groups is 1. The van der Waals surface area contributed by atoms with E-state index in [1.165, 1.54) is 26.5 Å². The molecule has 2 aromatic heterocycles. The minimum Gasteiger partial charge on any atom is -0.494 e. The van der Waals surface area contributed by atoms with E-state index in [-0.39, 0.29) is 29.5 Å². The lowest BCUT2D eigenvalue weighted by Gasteiger charge is -2.33. The van der Waals surface area contributed by atoms with Gasteiger partial charge in [-0.3, -0.25) is 9.78 Å². The standard InChI is InChI=1S/C26H28F3N3O3/c1-15(32-25(33)18-8-9-23(35-3)31-14-18)16-4-6-17(7-5-16)20-10-11-30-24-21(20)12-19(26(27,28)29)13-22(24)34-2/h8-17H,4-7H2,1-3H3,(H,32,33)/t15?,16-,17+. The molecular formula is C26H28F3N3O3. The summed E-state index contributed by atoms with van der Waals surface area (Å²) in [5.41, 5.74) is 1.02. The SMILES string of the molecule is COc1ccc(C(=O)NC(C)[C@H]2CC[C@@H](c3ccnc4c(OC)cc(C(F)(F)F)cc43)CC2)cn1. The molecule has 0 radical (unpaired) electrons. The van der Waals surface area contributed by atoms with Crippen LogP contribution < -0.4 is 14.8 Å². The predicted molar refractivity (Wildman–Crippen MR) is 126 cm³/mol. The number of nitrogens with one attached hydrogen (secondary N) is 1. The van der Waals surface area contributed by atoms with E-state index in [0.717, 1.165) is 37.3 Å². The highest BCUT2D eigenvalue weighted by molar-refractivity contribution is 5.94. The predicted octanol–water partition coefficient (Wildman–Crippen LogP) is 5.76. The molecule has 1 aliphatic carbocycles. The third-order valence-electron chi connectivity index (χ3n) is 6.88. The molecule has 4 rings (SSSR count). The van der Waals surface area contributed by atoms with Gasteiger partial charge in [-0.15, -0.1) is 0 Å². The molecule has 1 fully saturated rings. The number of rotatable bonds is 6. The van der Waals surface area contributed by atoms with E-state index in [2.05, 4.69) is 15.3 Å². The largest absolute Gasteiger partial charge is 0.494 e. The summed E-state index contributed by atoms with van der Waals surface area (Å²) in [7, 11) is 2.87. The third-order valence-corrected chi connectivity index (χ3v) is 6.88. The van der Waals surface area contributed by atoms with Crippen molar-refractivity contribution in [2.24, 2.45) is 5.92 Å². The van der Waals surface area contributed by atoms with Crippen LogP contribution in [0.5, 0.6) is 11.6 Å². The first-order valence-electron chi connectivity index (χ1n) is 11.6. The highest BCUT2D eigenvalue weighted by Gasteiger charge is 2.33. The number of benzene rings is 1. The van der Waals surface area contributed by atoms with Gasteiger partial charge in [0.1, 0.15) is 11.3 Å². The van der Waals surface area contributed by atoms with Gasteiger partial charge in [-0.1, -0.05) is 0 Å². The number of halogens is 3. The number of methoxy groups -OCH3 is 2. The lowest BCUT2D eigenvalue weighted by atomic mass is 9.75. The van der Waals surface area contributed by atoms with Crippen molar-refractivity contribution in [3.63, 3.8) is 0 Å². The number of pyridine rings is 2. The monoisotopic (exact) mass is 487 g/mol. The highest BCUT2D eigenvalue weighted by Crippen LogP contribution is 2.42. The van der Waals surface area contributed by atoms with Gasteiger partial charge in [0.15, 0.2) is 0 Å². The Morgan fingerprint density at radius 1 is 1.06 bits per heavy atom. The summed E-state index contributed by atoms with van der Waals surface area (Å²) in [5, 5.41) is 3.54. The lowest BCUT2D eigenvalue weighted by Crippen LogP contribution is -2.39. The van der Waals surface area contributed by atoms with Crippen LogP contribution in [0.2, 0.25) is 0 Å². The molecule has 2 heterocycles. The molecule has 0 saturated heterocycles. The summed E-state index contributed by atoms with van der Waals surface area (Å²) in [5.74, 6) is 0.751. The van der Waals surface area contributed by atoms with Gasteiger partial charge in [0.25, 0.3) is 5.91 Å². The van der Waals surface area contributed by atoms with Crippen LogP contribution in [0.25, 0.3) is 10.9 Å². The molecule has 1 N–H and O–H groups in total. The Kier molecular flexibility index (Phi) is 7.14. The topological polar surface area (TPSA) is 73.3 Å². The second kappa shape index (κ2) is 10.1. The number of amides is 1. The van der Waals surface area contributed by atoms with Gasteiger partial charge < -0.3 is 14.8 Å². The number of ether oxygens (including phenoxy) is 2. The van der Waals surface area contributed by atoms with Crippen molar-refractivity contribution in [3.05, 3.63) is 59.4 Å².